The van der Waals surface area contributed by atoms with Gasteiger partial charge in [0.2, 0.25) is 0 Å². The Balaban J connectivity index is 5.13. The van der Waals surface area contributed by atoms with Crippen molar-refractivity contribution in [3.8, 4) is 0 Å². The third kappa shape index (κ3) is 3.87. The van der Waals surface area contributed by atoms with E-state index in [0.717, 1.165) is 12.0 Å². The minimum Gasteiger partial charge on any atom is -0.464 e. The Labute approximate surface area is 92.7 Å². The van der Waals surface area contributed by atoms with Gasteiger partial charge in [-0.2, -0.15) is 0 Å². The summed E-state index contributed by atoms with van der Waals surface area (Å²) in [5, 5.41) is 0. The summed E-state index contributed by atoms with van der Waals surface area (Å²) in [6.07, 6.45) is 2.28. The second-order valence-electron chi connectivity index (χ2n) is 2.61. The van der Waals surface area contributed by atoms with Gasteiger partial charge in [0.1, 0.15) is 10.3 Å². The molecule has 0 radical (unpaired) electrons. The van der Waals surface area contributed by atoms with Crippen molar-refractivity contribution in [2.75, 3.05) is 7.11 Å². The predicted octanol–water partition coefficient (Wildman–Crippen LogP) is 2.82. The molecular weight excluding hydrogens is 246 g/mol. The zero-order valence-corrected chi connectivity index (χ0v) is 10.2. The number of carbonyl (C=O) groups excluding carboxylic acids is 1. The molecule has 0 aliphatic rings. The third-order valence-electron chi connectivity index (χ3n) is 1.70. The SMILES string of the molecule is C=CC(Br)=N/C(C(=O)OC)=C(\C)CC. The summed E-state index contributed by atoms with van der Waals surface area (Å²) in [4.78, 5) is 15.4. The van der Waals surface area contributed by atoms with Crippen LogP contribution in [0.5, 0.6) is 0 Å². The van der Waals surface area contributed by atoms with E-state index in [2.05, 4.69) is 32.2 Å². The summed E-state index contributed by atoms with van der Waals surface area (Å²) in [5.74, 6) is -0.428. The van der Waals surface area contributed by atoms with Crippen molar-refractivity contribution in [2.24, 2.45) is 4.99 Å². The van der Waals surface area contributed by atoms with Gasteiger partial charge < -0.3 is 4.74 Å². The van der Waals surface area contributed by atoms with Gasteiger partial charge in [-0.3, -0.25) is 0 Å². The number of allylic oxidation sites excluding steroid dienone is 2. The van der Waals surface area contributed by atoms with Crippen LogP contribution in [0.15, 0.2) is 28.9 Å². The summed E-state index contributed by atoms with van der Waals surface area (Å²) in [6.45, 7) is 7.33. The third-order valence-corrected chi connectivity index (χ3v) is 2.20. The van der Waals surface area contributed by atoms with Gasteiger partial charge in [0.05, 0.1) is 7.11 Å². The molecule has 0 aromatic carbocycles. The minimum absolute atomic E-state index is 0.335. The molecule has 0 rings (SSSR count). The summed E-state index contributed by atoms with van der Waals surface area (Å²) in [6, 6.07) is 0. The number of methoxy groups -OCH3 is 1. The van der Waals surface area contributed by atoms with Crippen LogP contribution >= 0.6 is 15.9 Å². The monoisotopic (exact) mass is 259 g/mol. The Bertz CT molecular complexity index is 292. The highest BCUT2D eigenvalue weighted by Crippen LogP contribution is 2.12. The maximum Gasteiger partial charge on any atom is 0.356 e. The smallest absolute Gasteiger partial charge is 0.356 e. The lowest BCUT2D eigenvalue weighted by molar-refractivity contribution is -0.136. The molecule has 0 spiro atoms. The Morgan fingerprint density at radius 2 is 2.21 bits per heavy atom. The van der Waals surface area contributed by atoms with Crippen LogP contribution in [0.1, 0.15) is 20.3 Å². The van der Waals surface area contributed by atoms with Crippen molar-refractivity contribution in [3.63, 3.8) is 0 Å². The lowest BCUT2D eigenvalue weighted by atomic mass is 10.2. The molecule has 0 saturated carbocycles. The number of hydrogen-bond donors (Lipinski definition) is 0. The van der Waals surface area contributed by atoms with Crippen molar-refractivity contribution in [1.29, 1.82) is 0 Å². The first-order valence-electron chi connectivity index (χ1n) is 4.21. The highest BCUT2D eigenvalue weighted by molar-refractivity contribution is 9.18. The number of halogens is 1. The molecule has 0 heterocycles. The predicted molar refractivity (Wildman–Crippen MR) is 61.6 cm³/mol. The molecule has 0 saturated heterocycles. The molecular formula is C10H14BrNO2. The molecule has 0 N–H and O–H groups in total. The topological polar surface area (TPSA) is 38.7 Å². The van der Waals surface area contributed by atoms with Crippen molar-refractivity contribution >= 4 is 26.5 Å². The van der Waals surface area contributed by atoms with E-state index in [0.29, 0.717) is 10.3 Å². The maximum absolute atomic E-state index is 11.3. The van der Waals surface area contributed by atoms with E-state index >= 15 is 0 Å². The quantitative estimate of drug-likeness (QED) is 0.443. The molecule has 0 aliphatic heterocycles. The van der Waals surface area contributed by atoms with Crippen molar-refractivity contribution in [3.05, 3.63) is 23.9 Å². The number of hydrogen-bond acceptors (Lipinski definition) is 3. The number of nitrogens with zero attached hydrogens (tertiary/aromatic N) is 1. The fourth-order valence-electron chi connectivity index (χ4n) is 0.732. The normalized spacial score (nSPS) is 13.3. The number of esters is 1. The minimum atomic E-state index is -0.428. The highest BCUT2D eigenvalue weighted by Gasteiger charge is 2.11. The van der Waals surface area contributed by atoms with E-state index < -0.39 is 5.97 Å². The molecule has 0 fully saturated rings. The molecule has 4 heteroatoms. The van der Waals surface area contributed by atoms with E-state index in [1.807, 2.05) is 13.8 Å². The molecule has 14 heavy (non-hydrogen) atoms. The van der Waals surface area contributed by atoms with E-state index in [1.165, 1.54) is 13.2 Å². The molecule has 0 atom stereocenters. The van der Waals surface area contributed by atoms with Crippen LogP contribution in [0.3, 0.4) is 0 Å². The van der Waals surface area contributed by atoms with Crippen LogP contribution in [0.25, 0.3) is 0 Å². The maximum atomic E-state index is 11.3. The summed E-state index contributed by atoms with van der Waals surface area (Å²) in [5.41, 5.74) is 1.22. The number of rotatable bonds is 4. The lowest BCUT2D eigenvalue weighted by Crippen LogP contribution is -2.06. The first kappa shape index (κ1) is 13.1. The number of ether oxygens (including phenoxy) is 1. The summed E-state index contributed by atoms with van der Waals surface area (Å²) < 4.78 is 5.14. The Hall–Kier alpha value is -0.900. The van der Waals surface area contributed by atoms with E-state index in [-0.39, 0.29) is 0 Å². The average molecular weight is 260 g/mol. The number of aliphatic imine (C=N–C) groups is 1. The molecule has 3 nitrogen and oxygen atoms in total. The zero-order chi connectivity index (χ0) is 11.1. The first-order valence-corrected chi connectivity index (χ1v) is 5.00. The molecule has 0 amide bonds. The standard InChI is InChI=1S/C10H14BrNO2/c1-5-7(3)9(10(13)14-4)12-8(11)6-2/h6H,2,5H2,1,3-4H3/b9-7+,12-8?. The molecule has 0 unspecified atom stereocenters. The molecule has 0 aromatic heterocycles. The Morgan fingerprint density at radius 3 is 2.57 bits per heavy atom. The lowest BCUT2D eigenvalue weighted by Gasteiger charge is -2.04. The molecule has 0 bridgehead atoms. The van der Waals surface area contributed by atoms with Gasteiger partial charge in [-0.05, 0) is 40.9 Å². The fraction of sp³-hybridized carbons (Fsp3) is 0.400. The second-order valence-corrected chi connectivity index (χ2v) is 3.43. The summed E-state index contributed by atoms with van der Waals surface area (Å²) >= 11 is 3.16. The van der Waals surface area contributed by atoms with Crippen LogP contribution in [0.2, 0.25) is 0 Å². The van der Waals surface area contributed by atoms with E-state index in [1.54, 1.807) is 0 Å². The molecule has 0 aromatic rings. The second kappa shape index (κ2) is 6.54. The van der Waals surface area contributed by atoms with Crippen LogP contribution in [-0.4, -0.2) is 17.7 Å². The van der Waals surface area contributed by atoms with E-state index in [9.17, 15) is 4.79 Å². The van der Waals surface area contributed by atoms with Crippen LogP contribution in [0.4, 0.5) is 0 Å². The number of carbonyl (C=O) groups is 1. The van der Waals surface area contributed by atoms with E-state index in [4.69, 9.17) is 0 Å². The van der Waals surface area contributed by atoms with Gasteiger partial charge in [-0.25, -0.2) is 9.79 Å². The van der Waals surface area contributed by atoms with Gasteiger partial charge in [0, 0.05) is 0 Å². The molecule has 78 valence electrons. The Morgan fingerprint density at radius 1 is 1.64 bits per heavy atom. The summed E-state index contributed by atoms with van der Waals surface area (Å²) in [7, 11) is 1.34. The van der Waals surface area contributed by atoms with Crippen LogP contribution in [-0.2, 0) is 9.53 Å². The zero-order valence-electron chi connectivity index (χ0n) is 8.63. The average Bonchev–Trinajstić information content (AvgIpc) is 2.23. The largest absolute Gasteiger partial charge is 0.464 e. The first-order chi connectivity index (χ1) is 6.56. The Kier molecular flexibility index (Phi) is 6.12. The van der Waals surface area contributed by atoms with Gasteiger partial charge in [-0.1, -0.05) is 13.5 Å². The van der Waals surface area contributed by atoms with Gasteiger partial charge in [0.15, 0.2) is 0 Å². The fourth-order valence-corrected chi connectivity index (χ4v) is 0.909. The highest BCUT2D eigenvalue weighted by atomic mass is 79.9. The van der Waals surface area contributed by atoms with Crippen LogP contribution < -0.4 is 0 Å². The van der Waals surface area contributed by atoms with Gasteiger partial charge in [-0.15, -0.1) is 0 Å². The molecule has 0 aliphatic carbocycles. The van der Waals surface area contributed by atoms with Crippen molar-refractivity contribution in [2.45, 2.75) is 20.3 Å². The van der Waals surface area contributed by atoms with Crippen LogP contribution in [0, 0.1) is 0 Å². The van der Waals surface area contributed by atoms with Gasteiger partial charge in [0.25, 0.3) is 0 Å². The van der Waals surface area contributed by atoms with Crippen molar-refractivity contribution < 1.29 is 9.53 Å². The van der Waals surface area contributed by atoms with Gasteiger partial charge >= 0.3 is 5.97 Å². The van der Waals surface area contributed by atoms with Crippen molar-refractivity contribution in [1.82, 2.24) is 0 Å².